The normalized spacial score (nSPS) is 20.7. The molecule has 0 unspecified atom stereocenters. The van der Waals surface area contributed by atoms with Gasteiger partial charge in [0.25, 0.3) is 0 Å². The Morgan fingerprint density at radius 2 is 2.00 bits per heavy atom. The van der Waals surface area contributed by atoms with E-state index in [9.17, 15) is 23.8 Å². The van der Waals surface area contributed by atoms with Gasteiger partial charge in [-0.2, -0.15) is 5.10 Å². The first-order valence-corrected chi connectivity index (χ1v) is 11.0. The fourth-order valence-corrected chi connectivity index (χ4v) is 5.28. The predicted octanol–water partition coefficient (Wildman–Crippen LogP) is 4.40. The van der Waals surface area contributed by atoms with E-state index in [0.29, 0.717) is 12.3 Å². The molecule has 0 aliphatic heterocycles. The first kappa shape index (κ1) is 22.5. The molecule has 2 heterocycles. The Labute approximate surface area is 194 Å². The van der Waals surface area contributed by atoms with Crippen molar-refractivity contribution in [3.8, 4) is 5.69 Å². The highest BCUT2D eigenvalue weighted by atomic mass is 19.2. The number of fused-ring (bicyclic) bond motifs is 2. The Morgan fingerprint density at radius 3 is 2.65 bits per heavy atom. The zero-order valence-electron chi connectivity index (χ0n) is 19.0. The van der Waals surface area contributed by atoms with E-state index in [1.807, 2.05) is 30.5 Å². The minimum atomic E-state index is -1.79. The molecule has 0 amide bonds. The summed E-state index contributed by atoms with van der Waals surface area (Å²) in [6.45, 7) is 4.30. The average molecular weight is 469 g/mol. The summed E-state index contributed by atoms with van der Waals surface area (Å²) < 4.78 is 35.6. The van der Waals surface area contributed by atoms with Crippen LogP contribution in [0.3, 0.4) is 0 Å². The monoisotopic (exact) mass is 469 g/mol. The summed E-state index contributed by atoms with van der Waals surface area (Å²) >= 11 is 0. The zero-order chi connectivity index (χ0) is 24.4. The second-order valence-corrected chi connectivity index (χ2v) is 9.78. The third-order valence-electron chi connectivity index (χ3n) is 6.85. The van der Waals surface area contributed by atoms with Crippen LogP contribution in [0.25, 0.3) is 27.5 Å². The molecule has 178 valence electrons. The number of aliphatic hydroxyl groups is 1. The lowest BCUT2D eigenvalue weighted by Crippen LogP contribution is -2.49. The number of carboxylic acid groups (broad SMARTS) is 1. The first-order valence-electron chi connectivity index (χ1n) is 11.0. The van der Waals surface area contributed by atoms with Crippen molar-refractivity contribution in [3.63, 3.8) is 0 Å². The maximum absolute atomic E-state index is 14.4. The molecule has 2 aromatic heterocycles. The van der Waals surface area contributed by atoms with E-state index in [1.54, 1.807) is 13.3 Å². The van der Waals surface area contributed by atoms with Gasteiger partial charge in [0.2, 0.25) is 0 Å². The fourth-order valence-electron chi connectivity index (χ4n) is 5.28. The molecule has 0 bridgehead atoms. The maximum atomic E-state index is 14.4. The van der Waals surface area contributed by atoms with Crippen molar-refractivity contribution in [2.45, 2.75) is 43.6 Å². The Bertz CT molecular complexity index is 1430. The minimum absolute atomic E-state index is 0.0519. The van der Waals surface area contributed by atoms with Crippen LogP contribution in [0.2, 0.25) is 0 Å². The third-order valence-corrected chi connectivity index (χ3v) is 6.85. The molecule has 0 saturated heterocycles. The highest BCUT2D eigenvalue weighted by Crippen LogP contribution is 2.52. The number of aromatic nitrogens is 3. The fraction of sp³-hybridized carbons (Fsp3) is 0.360. The summed E-state index contributed by atoms with van der Waals surface area (Å²) in [5.41, 5.74) is 1.26. The Kier molecular flexibility index (Phi) is 5.03. The number of nitrogens with zero attached hydrogens (tertiary/aromatic N) is 2. The summed E-state index contributed by atoms with van der Waals surface area (Å²) in [5, 5.41) is 28.7. The molecular formula is C25H25F2N3O4. The SMILES string of the molecule is COCC(C)(C)c1c([C@H]2C[C@](O)(C(=O)O)C2)c2cc3[nH]ncc3cc2n1-c1ccc(F)c(F)c1. The van der Waals surface area contributed by atoms with Crippen molar-refractivity contribution < 1.29 is 28.5 Å². The van der Waals surface area contributed by atoms with Crippen molar-refractivity contribution >= 4 is 27.8 Å². The van der Waals surface area contributed by atoms with Gasteiger partial charge in [0.1, 0.15) is 0 Å². The van der Waals surface area contributed by atoms with Crippen LogP contribution < -0.4 is 0 Å². The number of carboxylic acids is 1. The highest BCUT2D eigenvalue weighted by Gasteiger charge is 2.51. The lowest BCUT2D eigenvalue weighted by atomic mass is 9.66. The van der Waals surface area contributed by atoms with Crippen molar-refractivity contribution in [1.29, 1.82) is 0 Å². The molecular weight excluding hydrogens is 444 g/mol. The number of methoxy groups -OCH3 is 1. The summed E-state index contributed by atoms with van der Waals surface area (Å²) in [6, 6.07) is 7.62. The van der Waals surface area contributed by atoms with Gasteiger partial charge in [-0.1, -0.05) is 13.8 Å². The van der Waals surface area contributed by atoms with Crippen molar-refractivity contribution in [1.82, 2.24) is 14.8 Å². The molecule has 9 heteroatoms. The lowest BCUT2D eigenvalue weighted by Gasteiger charge is -2.42. The molecule has 4 aromatic rings. The van der Waals surface area contributed by atoms with Crippen LogP contribution in [0.1, 0.15) is 43.9 Å². The van der Waals surface area contributed by atoms with E-state index in [0.717, 1.165) is 45.2 Å². The lowest BCUT2D eigenvalue weighted by molar-refractivity contribution is -0.169. The van der Waals surface area contributed by atoms with Gasteiger partial charge in [-0.25, -0.2) is 13.6 Å². The molecule has 34 heavy (non-hydrogen) atoms. The van der Waals surface area contributed by atoms with Crippen LogP contribution in [0.15, 0.2) is 36.5 Å². The van der Waals surface area contributed by atoms with E-state index in [4.69, 9.17) is 4.74 Å². The number of aliphatic carboxylic acids is 1. The Hall–Kier alpha value is -3.30. The zero-order valence-corrected chi connectivity index (χ0v) is 19.0. The number of carbonyl (C=O) groups is 1. The van der Waals surface area contributed by atoms with Crippen LogP contribution in [0.5, 0.6) is 0 Å². The van der Waals surface area contributed by atoms with Crippen LogP contribution in [0.4, 0.5) is 8.78 Å². The van der Waals surface area contributed by atoms with E-state index < -0.39 is 28.6 Å². The minimum Gasteiger partial charge on any atom is -0.479 e. The molecule has 1 aliphatic carbocycles. The molecule has 0 atom stereocenters. The van der Waals surface area contributed by atoms with Gasteiger partial charge >= 0.3 is 5.97 Å². The average Bonchev–Trinajstić information content (AvgIpc) is 3.33. The standard InChI is InChI=1S/C25H25F2N3O4/c1-24(2,12-34-3)22-21(14-9-25(33,10-14)23(31)32)16-8-19-13(11-28-29-19)6-20(16)30(22)15-4-5-17(26)18(27)7-15/h4-8,11,14,33H,9-10,12H2,1-3H3,(H,28,29)(H,31,32)/t14-,25+. The number of nitrogens with one attached hydrogen (secondary N) is 1. The molecule has 7 nitrogen and oxygen atoms in total. The van der Waals surface area contributed by atoms with E-state index >= 15 is 0 Å². The largest absolute Gasteiger partial charge is 0.479 e. The second kappa shape index (κ2) is 7.61. The summed E-state index contributed by atoms with van der Waals surface area (Å²) in [6.07, 6.45) is 1.79. The maximum Gasteiger partial charge on any atom is 0.335 e. The Balaban J connectivity index is 1.86. The van der Waals surface area contributed by atoms with Gasteiger partial charge in [-0.05, 0) is 48.6 Å². The van der Waals surface area contributed by atoms with E-state index in [2.05, 4.69) is 10.2 Å². The highest BCUT2D eigenvalue weighted by molar-refractivity contribution is 5.99. The van der Waals surface area contributed by atoms with E-state index in [-0.39, 0.29) is 18.8 Å². The molecule has 1 aliphatic rings. The molecule has 3 N–H and O–H groups in total. The number of ether oxygens (including phenoxy) is 1. The Morgan fingerprint density at radius 1 is 1.26 bits per heavy atom. The number of halogens is 2. The van der Waals surface area contributed by atoms with Gasteiger partial charge in [-0.3, -0.25) is 5.10 Å². The van der Waals surface area contributed by atoms with Crippen molar-refractivity contribution in [2.24, 2.45) is 0 Å². The van der Waals surface area contributed by atoms with Crippen LogP contribution in [-0.4, -0.2) is 50.3 Å². The summed E-state index contributed by atoms with van der Waals surface area (Å²) in [4.78, 5) is 11.6. The topological polar surface area (TPSA) is 100 Å². The van der Waals surface area contributed by atoms with Crippen molar-refractivity contribution in [2.75, 3.05) is 13.7 Å². The van der Waals surface area contributed by atoms with Crippen LogP contribution in [0, 0.1) is 11.6 Å². The van der Waals surface area contributed by atoms with Crippen LogP contribution >= 0.6 is 0 Å². The van der Waals surface area contributed by atoms with Crippen LogP contribution in [-0.2, 0) is 14.9 Å². The molecule has 0 spiro atoms. The van der Waals surface area contributed by atoms with Gasteiger partial charge in [0.05, 0.1) is 23.8 Å². The van der Waals surface area contributed by atoms with Gasteiger partial charge < -0.3 is 19.5 Å². The molecule has 1 saturated carbocycles. The smallest absolute Gasteiger partial charge is 0.335 e. The van der Waals surface area contributed by atoms with Gasteiger partial charge in [-0.15, -0.1) is 0 Å². The van der Waals surface area contributed by atoms with E-state index in [1.165, 1.54) is 6.07 Å². The summed E-state index contributed by atoms with van der Waals surface area (Å²) in [5.74, 6) is -3.41. The first-order chi connectivity index (χ1) is 16.1. The number of hydrogen-bond donors (Lipinski definition) is 3. The second-order valence-electron chi connectivity index (χ2n) is 9.78. The number of hydrogen-bond acceptors (Lipinski definition) is 4. The number of benzene rings is 2. The summed E-state index contributed by atoms with van der Waals surface area (Å²) in [7, 11) is 1.59. The molecule has 1 fully saturated rings. The third kappa shape index (κ3) is 3.30. The van der Waals surface area contributed by atoms with Gasteiger partial charge in [0.15, 0.2) is 17.2 Å². The number of aromatic amines is 1. The number of rotatable bonds is 6. The molecule has 0 radical (unpaired) electrons. The molecule has 5 rings (SSSR count). The quantitative estimate of drug-likeness (QED) is 0.389. The predicted molar refractivity (Wildman–Crippen MR) is 122 cm³/mol. The van der Waals surface area contributed by atoms with Gasteiger partial charge in [0, 0.05) is 40.7 Å². The molecule has 2 aromatic carbocycles. The number of H-pyrrole nitrogens is 1. The van der Waals surface area contributed by atoms with Crippen molar-refractivity contribution in [3.05, 3.63) is 59.4 Å².